The van der Waals surface area contributed by atoms with Crippen molar-refractivity contribution in [2.45, 2.75) is 17.2 Å². The maximum Gasteiger partial charge on any atom is 0.250 e. The molecule has 108 valence electrons. The Morgan fingerprint density at radius 2 is 1.90 bits per heavy atom. The van der Waals surface area contributed by atoms with E-state index in [0.717, 1.165) is 4.88 Å². The maximum absolute atomic E-state index is 12.0. The summed E-state index contributed by atoms with van der Waals surface area (Å²) in [7, 11) is -3.57. The lowest BCUT2D eigenvalue weighted by Crippen LogP contribution is -2.28. The number of aryl methyl sites for hydroxylation is 1. The van der Waals surface area contributed by atoms with E-state index in [1.807, 2.05) is 6.92 Å². The van der Waals surface area contributed by atoms with Crippen molar-refractivity contribution in [3.05, 3.63) is 51.9 Å². The van der Waals surface area contributed by atoms with Crippen LogP contribution in [0.15, 0.2) is 40.6 Å². The lowest BCUT2D eigenvalue weighted by atomic mass is 10.1. The van der Waals surface area contributed by atoms with Gasteiger partial charge < -0.3 is 5.11 Å². The summed E-state index contributed by atoms with van der Waals surface area (Å²) < 4.78 is 26.7. The highest BCUT2D eigenvalue weighted by Gasteiger charge is 2.18. The Kier molecular flexibility index (Phi) is 4.82. The van der Waals surface area contributed by atoms with Gasteiger partial charge in [0, 0.05) is 16.4 Å². The van der Waals surface area contributed by atoms with E-state index in [1.165, 1.54) is 11.3 Å². The normalized spacial score (nSPS) is 13.3. The summed E-state index contributed by atoms with van der Waals surface area (Å²) in [6, 6.07) is 9.92. The van der Waals surface area contributed by atoms with E-state index in [9.17, 15) is 13.5 Å². The molecule has 0 amide bonds. The second-order valence-corrected chi connectivity index (χ2v) is 8.00. The molecule has 0 aliphatic heterocycles. The topological polar surface area (TPSA) is 66.4 Å². The van der Waals surface area contributed by atoms with Crippen molar-refractivity contribution in [2.75, 3.05) is 6.54 Å². The molecule has 1 aromatic heterocycles. The van der Waals surface area contributed by atoms with Gasteiger partial charge in [0.1, 0.15) is 4.21 Å². The number of aliphatic hydroxyl groups is 1. The van der Waals surface area contributed by atoms with Crippen LogP contribution < -0.4 is 4.72 Å². The quantitative estimate of drug-likeness (QED) is 0.885. The third kappa shape index (κ3) is 3.80. The summed E-state index contributed by atoms with van der Waals surface area (Å²) in [6.07, 6.45) is -0.914. The lowest BCUT2D eigenvalue weighted by Gasteiger charge is -2.12. The number of rotatable bonds is 5. The van der Waals surface area contributed by atoms with Crippen LogP contribution in [0, 0.1) is 6.92 Å². The van der Waals surface area contributed by atoms with Crippen molar-refractivity contribution in [1.82, 2.24) is 4.72 Å². The van der Waals surface area contributed by atoms with Crippen molar-refractivity contribution in [2.24, 2.45) is 0 Å². The molecule has 7 heteroatoms. The molecular weight excluding hydrogens is 318 g/mol. The second-order valence-electron chi connectivity index (χ2n) is 4.28. The molecule has 1 unspecified atom stereocenters. The van der Waals surface area contributed by atoms with Gasteiger partial charge in [-0.25, -0.2) is 13.1 Å². The van der Waals surface area contributed by atoms with Gasteiger partial charge in [0.2, 0.25) is 10.0 Å². The Morgan fingerprint density at radius 1 is 1.25 bits per heavy atom. The Labute approximate surface area is 127 Å². The maximum atomic E-state index is 12.0. The fraction of sp³-hybridized carbons (Fsp3) is 0.231. The summed E-state index contributed by atoms with van der Waals surface area (Å²) in [5.74, 6) is 0. The van der Waals surface area contributed by atoms with Crippen molar-refractivity contribution in [3.8, 4) is 0 Å². The molecule has 2 rings (SSSR count). The van der Waals surface area contributed by atoms with Gasteiger partial charge in [-0.05, 0) is 36.8 Å². The van der Waals surface area contributed by atoms with E-state index >= 15 is 0 Å². The minimum absolute atomic E-state index is 0.0824. The van der Waals surface area contributed by atoms with Crippen molar-refractivity contribution in [1.29, 1.82) is 0 Å². The van der Waals surface area contributed by atoms with Crippen LogP contribution in [0.25, 0.3) is 0 Å². The molecule has 0 saturated heterocycles. The fourth-order valence-electron chi connectivity index (χ4n) is 1.62. The number of thiophene rings is 1. The molecule has 0 fully saturated rings. The van der Waals surface area contributed by atoms with Gasteiger partial charge in [-0.15, -0.1) is 11.3 Å². The molecule has 1 aromatic carbocycles. The predicted molar refractivity (Wildman–Crippen MR) is 80.7 cm³/mol. The van der Waals surface area contributed by atoms with Gasteiger partial charge in [0.15, 0.2) is 0 Å². The van der Waals surface area contributed by atoms with Crippen molar-refractivity contribution >= 4 is 33.0 Å². The van der Waals surface area contributed by atoms with E-state index in [4.69, 9.17) is 11.6 Å². The highest BCUT2D eigenvalue weighted by Crippen LogP contribution is 2.21. The first kappa shape index (κ1) is 15.5. The van der Waals surface area contributed by atoms with Crippen LogP contribution in [-0.4, -0.2) is 20.1 Å². The molecule has 20 heavy (non-hydrogen) atoms. The fourth-order valence-corrected chi connectivity index (χ4v) is 4.11. The summed E-state index contributed by atoms with van der Waals surface area (Å²) in [5, 5.41) is 10.5. The van der Waals surface area contributed by atoms with E-state index in [2.05, 4.69) is 4.72 Å². The summed E-state index contributed by atoms with van der Waals surface area (Å²) in [6.45, 7) is 1.76. The van der Waals surface area contributed by atoms with Crippen LogP contribution in [0.2, 0.25) is 5.02 Å². The van der Waals surface area contributed by atoms with Crippen LogP contribution in [0.4, 0.5) is 0 Å². The average Bonchev–Trinajstić information content (AvgIpc) is 2.84. The standard InChI is InChI=1S/C13H14ClNO3S2/c1-9-2-7-13(19-9)20(17,18)15-8-12(16)10-3-5-11(14)6-4-10/h2-7,12,15-16H,8H2,1H3. The minimum atomic E-state index is -3.57. The molecule has 1 heterocycles. The number of benzene rings is 1. The lowest BCUT2D eigenvalue weighted by molar-refractivity contribution is 0.182. The smallest absolute Gasteiger partial charge is 0.250 e. The van der Waals surface area contributed by atoms with Crippen molar-refractivity contribution in [3.63, 3.8) is 0 Å². The van der Waals surface area contributed by atoms with Gasteiger partial charge in [-0.3, -0.25) is 0 Å². The Morgan fingerprint density at radius 3 is 2.45 bits per heavy atom. The summed E-state index contributed by atoms with van der Waals surface area (Å²) in [4.78, 5) is 0.920. The average molecular weight is 332 g/mol. The van der Waals surface area contributed by atoms with E-state index in [0.29, 0.717) is 10.6 Å². The molecule has 2 aromatic rings. The van der Waals surface area contributed by atoms with E-state index in [1.54, 1.807) is 36.4 Å². The zero-order valence-corrected chi connectivity index (χ0v) is 13.1. The zero-order chi connectivity index (χ0) is 14.8. The molecule has 4 nitrogen and oxygen atoms in total. The first-order valence-electron chi connectivity index (χ1n) is 5.88. The van der Waals surface area contributed by atoms with Crippen LogP contribution >= 0.6 is 22.9 Å². The molecular formula is C13H14ClNO3S2. The first-order chi connectivity index (χ1) is 9.38. The second kappa shape index (κ2) is 6.24. The van der Waals surface area contributed by atoms with Gasteiger partial charge in [-0.1, -0.05) is 23.7 Å². The number of nitrogens with one attached hydrogen (secondary N) is 1. The number of hydrogen-bond donors (Lipinski definition) is 2. The minimum Gasteiger partial charge on any atom is -0.387 e. The molecule has 0 aliphatic rings. The summed E-state index contributed by atoms with van der Waals surface area (Å²) >= 11 is 6.95. The molecule has 0 bridgehead atoms. The summed E-state index contributed by atoms with van der Waals surface area (Å²) in [5.41, 5.74) is 0.611. The number of sulfonamides is 1. The van der Waals surface area contributed by atoms with Crippen LogP contribution in [0.3, 0.4) is 0 Å². The van der Waals surface area contributed by atoms with Crippen molar-refractivity contribution < 1.29 is 13.5 Å². The van der Waals surface area contributed by atoms with E-state index in [-0.39, 0.29) is 10.8 Å². The van der Waals surface area contributed by atoms with Gasteiger partial charge in [0.25, 0.3) is 0 Å². The number of aliphatic hydroxyl groups excluding tert-OH is 1. The predicted octanol–water partition coefficient (Wildman–Crippen LogP) is 2.72. The van der Waals surface area contributed by atoms with Gasteiger partial charge >= 0.3 is 0 Å². The zero-order valence-electron chi connectivity index (χ0n) is 10.7. The first-order valence-corrected chi connectivity index (χ1v) is 8.56. The Bertz CT molecular complexity index is 680. The van der Waals surface area contributed by atoms with Crippen LogP contribution in [-0.2, 0) is 10.0 Å². The number of halogens is 1. The van der Waals surface area contributed by atoms with Gasteiger partial charge in [0.05, 0.1) is 6.10 Å². The largest absolute Gasteiger partial charge is 0.387 e. The molecule has 0 aliphatic carbocycles. The third-order valence-electron chi connectivity index (χ3n) is 2.70. The van der Waals surface area contributed by atoms with Crippen LogP contribution in [0.1, 0.15) is 16.5 Å². The highest BCUT2D eigenvalue weighted by molar-refractivity contribution is 7.91. The number of hydrogen-bond acceptors (Lipinski definition) is 4. The molecule has 2 N–H and O–H groups in total. The van der Waals surface area contributed by atoms with E-state index < -0.39 is 16.1 Å². The Hall–Kier alpha value is -0.920. The third-order valence-corrected chi connectivity index (χ3v) is 5.87. The molecule has 0 saturated carbocycles. The Balaban J connectivity index is 2.03. The molecule has 0 spiro atoms. The SMILES string of the molecule is Cc1ccc(S(=O)(=O)NCC(O)c2ccc(Cl)cc2)s1. The molecule has 1 atom stereocenters. The van der Waals surface area contributed by atoms with Gasteiger partial charge in [-0.2, -0.15) is 0 Å². The van der Waals surface area contributed by atoms with Crippen LogP contribution in [0.5, 0.6) is 0 Å². The monoisotopic (exact) mass is 331 g/mol. The molecule has 0 radical (unpaired) electrons. The highest BCUT2D eigenvalue weighted by atomic mass is 35.5.